The van der Waals surface area contributed by atoms with Gasteiger partial charge in [0.05, 0.1) is 16.9 Å². The van der Waals surface area contributed by atoms with Crippen LogP contribution < -0.4 is 0 Å². The molecule has 3 nitrogen and oxygen atoms in total. The molecule has 0 aliphatic carbocycles. The second kappa shape index (κ2) is 5.31. The maximum atomic E-state index is 6.02. The fourth-order valence-corrected chi connectivity index (χ4v) is 2.07. The predicted molar refractivity (Wildman–Crippen MR) is 82.1 cm³/mol. The zero-order valence-electron chi connectivity index (χ0n) is 11.9. The number of aromatic nitrogens is 1. The molecule has 1 aliphatic heterocycles. The van der Waals surface area contributed by atoms with Gasteiger partial charge < -0.3 is 9.31 Å². The van der Waals surface area contributed by atoms with Gasteiger partial charge in [-0.05, 0) is 51.4 Å². The first-order chi connectivity index (χ1) is 8.86. The average molecular weight is 277 g/mol. The number of thiol groups is 1. The Hall–Kier alpha value is -0.775. The smallest absolute Gasteiger partial charge is 0.400 e. The maximum absolute atomic E-state index is 6.02. The van der Waals surface area contributed by atoms with Crippen LogP contribution in [0.3, 0.4) is 0 Å². The lowest BCUT2D eigenvalue weighted by atomic mass is 9.78. The number of pyridine rings is 1. The number of rotatable bonds is 3. The fraction of sp³-hybridized carbons (Fsp3) is 0.500. The summed E-state index contributed by atoms with van der Waals surface area (Å²) in [7, 11) is -0.357. The summed E-state index contributed by atoms with van der Waals surface area (Å²) in [6.07, 6.45) is 3.75. The fourth-order valence-electron chi connectivity index (χ4n) is 1.83. The van der Waals surface area contributed by atoms with E-state index in [0.717, 1.165) is 11.2 Å². The molecule has 1 saturated heterocycles. The van der Waals surface area contributed by atoms with E-state index in [9.17, 15) is 0 Å². The van der Waals surface area contributed by atoms with Crippen LogP contribution in [0.15, 0.2) is 29.9 Å². The molecule has 19 heavy (non-hydrogen) atoms. The number of hydrogen-bond donors (Lipinski definition) is 1. The van der Waals surface area contributed by atoms with Gasteiger partial charge in [0, 0.05) is 11.9 Å². The molecule has 1 aromatic rings. The highest BCUT2D eigenvalue weighted by Crippen LogP contribution is 2.38. The monoisotopic (exact) mass is 277 g/mol. The van der Waals surface area contributed by atoms with Gasteiger partial charge in [0.1, 0.15) is 0 Å². The van der Waals surface area contributed by atoms with Crippen LogP contribution in [0.5, 0.6) is 0 Å². The van der Waals surface area contributed by atoms with E-state index in [2.05, 4.69) is 17.6 Å². The molecule has 0 bridgehead atoms. The molecule has 0 spiro atoms. The van der Waals surface area contributed by atoms with Gasteiger partial charge in [-0.3, -0.25) is 4.98 Å². The quantitative estimate of drug-likeness (QED) is 0.680. The largest absolute Gasteiger partial charge is 0.491 e. The normalized spacial score (nSPS) is 21.7. The van der Waals surface area contributed by atoms with Gasteiger partial charge in [0.15, 0.2) is 0 Å². The first-order valence-electron chi connectivity index (χ1n) is 6.44. The highest BCUT2D eigenvalue weighted by atomic mass is 32.1. The average Bonchev–Trinajstić information content (AvgIpc) is 2.56. The van der Waals surface area contributed by atoms with Crippen LogP contribution in [0, 0.1) is 0 Å². The molecule has 0 aromatic carbocycles. The maximum Gasteiger partial charge on any atom is 0.491 e. The molecule has 0 radical (unpaired) electrons. The molecular formula is C14H20BNO2S. The second-order valence-corrected chi connectivity index (χ2v) is 6.04. The van der Waals surface area contributed by atoms with E-state index in [0.29, 0.717) is 5.75 Å². The standard InChI is InChI=1S/C14H20BNO2S/c1-13(2)14(3,4)18-15(17-13)11(10-19)9-12-7-5-6-8-16-12/h5-9,19H,10H2,1-4H3. The van der Waals surface area contributed by atoms with Crippen LogP contribution in [0.2, 0.25) is 0 Å². The zero-order valence-corrected chi connectivity index (χ0v) is 12.8. The predicted octanol–water partition coefficient (Wildman–Crippen LogP) is 3.03. The molecule has 1 fully saturated rings. The van der Waals surface area contributed by atoms with Crippen LogP contribution in [0.1, 0.15) is 33.4 Å². The highest BCUT2D eigenvalue weighted by molar-refractivity contribution is 7.80. The molecule has 0 saturated carbocycles. The molecule has 0 unspecified atom stereocenters. The van der Waals surface area contributed by atoms with Gasteiger partial charge in [-0.1, -0.05) is 6.07 Å². The van der Waals surface area contributed by atoms with Crippen molar-refractivity contribution in [1.29, 1.82) is 0 Å². The first kappa shape index (κ1) is 14.6. The Morgan fingerprint density at radius 1 is 1.26 bits per heavy atom. The van der Waals surface area contributed by atoms with E-state index < -0.39 is 0 Å². The third-order valence-corrected chi connectivity index (χ3v) is 4.12. The third kappa shape index (κ3) is 3.04. The zero-order chi connectivity index (χ0) is 14.1. The summed E-state index contributed by atoms with van der Waals surface area (Å²) in [4.78, 5) is 4.29. The summed E-state index contributed by atoms with van der Waals surface area (Å²) in [5.74, 6) is 0.577. The van der Waals surface area contributed by atoms with Crippen molar-refractivity contribution < 1.29 is 9.31 Å². The molecule has 0 atom stereocenters. The van der Waals surface area contributed by atoms with Crippen molar-refractivity contribution in [3.8, 4) is 0 Å². The van der Waals surface area contributed by atoms with Crippen molar-refractivity contribution >= 4 is 25.8 Å². The van der Waals surface area contributed by atoms with Crippen LogP contribution in [-0.4, -0.2) is 29.1 Å². The Morgan fingerprint density at radius 2 is 1.89 bits per heavy atom. The lowest BCUT2D eigenvalue weighted by Gasteiger charge is -2.32. The lowest BCUT2D eigenvalue weighted by molar-refractivity contribution is 0.00578. The summed E-state index contributed by atoms with van der Waals surface area (Å²) in [6, 6.07) is 5.81. The lowest BCUT2D eigenvalue weighted by Crippen LogP contribution is -2.41. The minimum atomic E-state index is -0.357. The van der Waals surface area contributed by atoms with Crippen molar-refractivity contribution in [2.24, 2.45) is 0 Å². The van der Waals surface area contributed by atoms with Crippen molar-refractivity contribution in [3.63, 3.8) is 0 Å². The van der Waals surface area contributed by atoms with Gasteiger partial charge in [0.2, 0.25) is 0 Å². The van der Waals surface area contributed by atoms with E-state index in [-0.39, 0.29) is 18.3 Å². The van der Waals surface area contributed by atoms with Crippen molar-refractivity contribution in [2.75, 3.05) is 5.75 Å². The van der Waals surface area contributed by atoms with Crippen LogP contribution in [-0.2, 0) is 9.31 Å². The molecule has 1 aliphatic rings. The van der Waals surface area contributed by atoms with Crippen LogP contribution in [0.4, 0.5) is 0 Å². The van der Waals surface area contributed by atoms with Crippen LogP contribution in [0.25, 0.3) is 6.08 Å². The Bertz CT molecular complexity index is 458. The van der Waals surface area contributed by atoms with Gasteiger partial charge in [0.25, 0.3) is 0 Å². The van der Waals surface area contributed by atoms with E-state index in [1.807, 2.05) is 52.0 Å². The van der Waals surface area contributed by atoms with Gasteiger partial charge in [-0.25, -0.2) is 0 Å². The van der Waals surface area contributed by atoms with Crippen molar-refractivity contribution in [1.82, 2.24) is 4.98 Å². The minimum Gasteiger partial charge on any atom is -0.400 e. The summed E-state index contributed by atoms with van der Waals surface area (Å²) >= 11 is 4.38. The number of nitrogens with zero attached hydrogens (tertiary/aromatic N) is 1. The SMILES string of the molecule is CC1(C)OB(C(=Cc2ccccn2)CS)OC1(C)C. The molecule has 0 amide bonds. The molecule has 2 heterocycles. The topological polar surface area (TPSA) is 31.4 Å². The molecule has 1 aromatic heterocycles. The van der Waals surface area contributed by atoms with Gasteiger partial charge in [-0.15, -0.1) is 0 Å². The molecule has 2 rings (SSSR count). The number of hydrogen-bond acceptors (Lipinski definition) is 4. The third-order valence-electron chi connectivity index (χ3n) is 3.76. The van der Waals surface area contributed by atoms with Crippen molar-refractivity contribution in [2.45, 2.75) is 38.9 Å². The van der Waals surface area contributed by atoms with Gasteiger partial charge in [-0.2, -0.15) is 12.6 Å². The Kier molecular flexibility index (Phi) is 4.09. The van der Waals surface area contributed by atoms with E-state index >= 15 is 0 Å². The Morgan fingerprint density at radius 3 is 2.37 bits per heavy atom. The highest BCUT2D eigenvalue weighted by Gasteiger charge is 2.52. The summed E-state index contributed by atoms with van der Waals surface area (Å²) in [5.41, 5.74) is 1.22. The van der Waals surface area contributed by atoms with Crippen LogP contribution >= 0.6 is 12.6 Å². The first-order valence-corrected chi connectivity index (χ1v) is 7.07. The Balaban J connectivity index is 2.23. The summed E-state index contributed by atoms with van der Waals surface area (Å²) < 4.78 is 12.0. The van der Waals surface area contributed by atoms with E-state index in [1.165, 1.54) is 0 Å². The molecule has 102 valence electrons. The molecule has 5 heteroatoms. The van der Waals surface area contributed by atoms with Gasteiger partial charge >= 0.3 is 7.12 Å². The Labute approximate surface area is 121 Å². The van der Waals surface area contributed by atoms with E-state index in [4.69, 9.17) is 9.31 Å². The summed E-state index contributed by atoms with van der Waals surface area (Å²) in [6.45, 7) is 8.18. The molecule has 0 N–H and O–H groups in total. The minimum absolute atomic E-state index is 0.330. The van der Waals surface area contributed by atoms with Crippen molar-refractivity contribution in [3.05, 3.63) is 35.6 Å². The summed E-state index contributed by atoms with van der Waals surface area (Å²) in [5, 5.41) is 0. The van der Waals surface area contributed by atoms with E-state index in [1.54, 1.807) is 6.20 Å². The second-order valence-electron chi connectivity index (χ2n) is 5.72. The molecular weight excluding hydrogens is 257 g/mol.